The van der Waals surface area contributed by atoms with Gasteiger partial charge in [-0.05, 0) is 44.5 Å². The van der Waals surface area contributed by atoms with Crippen LogP contribution in [0.15, 0.2) is 23.0 Å². The number of phenols is 1. The van der Waals surface area contributed by atoms with Crippen molar-refractivity contribution in [1.82, 2.24) is 4.90 Å². The van der Waals surface area contributed by atoms with Crippen LogP contribution >= 0.6 is 0 Å². The molecule has 0 aliphatic heterocycles. The number of fused-ring (bicyclic) bond motifs is 1. The predicted octanol–water partition coefficient (Wildman–Crippen LogP) is 0.957. The number of ether oxygens (including phenoxy) is 1. The Kier molecular flexibility index (Phi) is 7.73. The molecule has 6 N–H and O–H groups in total. The van der Waals surface area contributed by atoms with Crippen LogP contribution in [-0.2, 0) is 32.1 Å². The van der Waals surface area contributed by atoms with Gasteiger partial charge in [0, 0.05) is 44.4 Å². The minimum absolute atomic E-state index is 0.0320. The average molecular weight is 518 g/mol. The van der Waals surface area contributed by atoms with Gasteiger partial charge in [-0.15, -0.1) is 0 Å². The second kappa shape index (κ2) is 10.2. The highest BCUT2D eigenvalue weighted by Gasteiger charge is 2.54. The number of aliphatic hydroxyl groups excluding tert-OH is 2. The molecule has 0 spiro atoms. The Labute approximate surface area is 215 Å². The van der Waals surface area contributed by atoms with E-state index in [1.54, 1.807) is 13.0 Å². The lowest BCUT2D eigenvalue weighted by atomic mass is 9.70. The number of carbonyl (C=O) groups excluding carboxylic acids is 3. The Balaban J connectivity index is 2.32. The summed E-state index contributed by atoms with van der Waals surface area (Å²) in [4.78, 5) is 42.1. The van der Waals surface area contributed by atoms with Gasteiger partial charge >= 0.3 is 0 Å². The molecule has 1 unspecified atom stereocenters. The van der Waals surface area contributed by atoms with Crippen molar-refractivity contribution in [2.45, 2.75) is 44.4 Å². The molecule has 0 saturated heterocycles. The van der Waals surface area contributed by atoms with Crippen molar-refractivity contribution in [1.29, 1.82) is 0 Å². The number of amides is 1. The van der Waals surface area contributed by atoms with Crippen LogP contribution in [0.4, 0.5) is 5.69 Å². The first-order valence-electron chi connectivity index (χ1n) is 11.9. The molecule has 2 aliphatic rings. The molecule has 202 valence electrons. The Hall–Kier alpha value is -3.41. The van der Waals surface area contributed by atoms with Gasteiger partial charge in [-0.1, -0.05) is 6.92 Å². The van der Waals surface area contributed by atoms with E-state index in [0.29, 0.717) is 23.2 Å². The third kappa shape index (κ3) is 4.47. The molecule has 11 heteroatoms. The quantitative estimate of drug-likeness (QED) is 0.312. The number of primary amides is 1. The summed E-state index contributed by atoms with van der Waals surface area (Å²) in [5.74, 6) is -5.72. The SMILES string of the molecule is CCC1Cc2c(N(C)C)cc(COC)c(O)c2C(O)=C1C(=O)[C@@]1(O)C[C@H](N(C)C)C(=O)C(C(N)=O)=C1O. The number of anilines is 1. The Morgan fingerprint density at radius 1 is 1.19 bits per heavy atom. The molecule has 37 heavy (non-hydrogen) atoms. The van der Waals surface area contributed by atoms with E-state index in [0.717, 1.165) is 0 Å². The molecular formula is C26H35N3O8. The van der Waals surface area contributed by atoms with Gasteiger partial charge in [0.25, 0.3) is 5.91 Å². The average Bonchev–Trinajstić information content (AvgIpc) is 2.81. The third-order valence-corrected chi connectivity index (χ3v) is 7.24. The predicted molar refractivity (Wildman–Crippen MR) is 136 cm³/mol. The topological polar surface area (TPSA) is 174 Å². The van der Waals surface area contributed by atoms with Gasteiger partial charge in [-0.25, -0.2) is 0 Å². The van der Waals surface area contributed by atoms with E-state index in [9.17, 15) is 34.8 Å². The number of hydrogen-bond acceptors (Lipinski definition) is 10. The van der Waals surface area contributed by atoms with Gasteiger partial charge in [0.15, 0.2) is 11.4 Å². The summed E-state index contributed by atoms with van der Waals surface area (Å²) in [6.07, 6.45) is 0.0564. The minimum atomic E-state index is -2.70. The van der Waals surface area contributed by atoms with Gasteiger partial charge in [-0.2, -0.15) is 0 Å². The molecule has 1 aromatic rings. The number of methoxy groups -OCH3 is 1. The number of benzene rings is 1. The number of nitrogens with zero attached hydrogens (tertiary/aromatic N) is 2. The normalized spacial score (nSPS) is 23.9. The maximum absolute atomic E-state index is 14.0. The lowest BCUT2D eigenvalue weighted by Gasteiger charge is -2.39. The molecule has 3 atom stereocenters. The maximum atomic E-state index is 14.0. The summed E-state index contributed by atoms with van der Waals surface area (Å²) < 4.78 is 5.19. The second-order valence-electron chi connectivity index (χ2n) is 9.98. The van der Waals surface area contributed by atoms with E-state index in [2.05, 4.69) is 0 Å². The van der Waals surface area contributed by atoms with E-state index in [1.807, 2.05) is 19.0 Å². The Bertz CT molecular complexity index is 1220. The highest BCUT2D eigenvalue weighted by molar-refractivity contribution is 6.24. The number of likely N-dealkylation sites (N-methyl/N-ethyl adjacent to an activating group) is 1. The van der Waals surface area contributed by atoms with Crippen LogP contribution in [0.1, 0.15) is 36.5 Å². The maximum Gasteiger partial charge on any atom is 0.255 e. The van der Waals surface area contributed by atoms with E-state index in [4.69, 9.17) is 10.5 Å². The molecule has 2 aliphatic carbocycles. The van der Waals surface area contributed by atoms with Crippen LogP contribution in [0.25, 0.3) is 5.76 Å². The summed E-state index contributed by atoms with van der Waals surface area (Å²) in [6.45, 7) is 1.84. The zero-order valence-electron chi connectivity index (χ0n) is 22.0. The second-order valence-corrected chi connectivity index (χ2v) is 9.98. The molecule has 0 radical (unpaired) electrons. The lowest BCUT2D eigenvalue weighted by molar-refractivity contribution is -0.140. The van der Waals surface area contributed by atoms with Crippen molar-refractivity contribution < 1.29 is 39.5 Å². The molecule has 0 fully saturated rings. The van der Waals surface area contributed by atoms with Crippen molar-refractivity contribution in [3.05, 3.63) is 39.7 Å². The number of ketones is 2. The van der Waals surface area contributed by atoms with E-state index in [-0.39, 0.29) is 29.9 Å². The molecule has 3 rings (SSSR count). The molecule has 0 aromatic heterocycles. The number of phenolic OH excluding ortho intramolecular Hbond substituents is 1. The highest BCUT2D eigenvalue weighted by atomic mass is 16.5. The molecule has 1 amide bonds. The van der Waals surface area contributed by atoms with Crippen molar-refractivity contribution in [3.8, 4) is 5.75 Å². The molecule has 0 bridgehead atoms. The number of aliphatic hydroxyl groups is 3. The van der Waals surface area contributed by atoms with Crippen molar-refractivity contribution in [2.75, 3.05) is 40.2 Å². The van der Waals surface area contributed by atoms with Crippen LogP contribution in [0.2, 0.25) is 0 Å². The minimum Gasteiger partial charge on any atom is -0.508 e. The number of Topliss-reactive ketones (excluding diaryl/α,β-unsaturated/α-hetero) is 2. The van der Waals surface area contributed by atoms with Crippen LogP contribution < -0.4 is 10.6 Å². The van der Waals surface area contributed by atoms with Crippen LogP contribution in [0.3, 0.4) is 0 Å². The van der Waals surface area contributed by atoms with Gasteiger partial charge in [-0.3, -0.25) is 19.3 Å². The van der Waals surface area contributed by atoms with Crippen molar-refractivity contribution >= 4 is 28.9 Å². The molecular weight excluding hydrogens is 482 g/mol. The molecule has 0 heterocycles. The fourth-order valence-electron chi connectivity index (χ4n) is 5.23. The largest absolute Gasteiger partial charge is 0.508 e. The fourth-order valence-corrected chi connectivity index (χ4v) is 5.23. The van der Waals surface area contributed by atoms with Gasteiger partial charge in [0.1, 0.15) is 22.8 Å². The molecule has 0 saturated carbocycles. The summed E-state index contributed by atoms with van der Waals surface area (Å²) in [5, 5.41) is 44.9. The van der Waals surface area contributed by atoms with Crippen molar-refractivity contribution in [3.63, 3.8) is 0 Å². The third-order valence-electron chi connectivity index (χ3n) is 7.24. The van der Waals surface area contributed by atoms with Gasteiger partial charge < -0.3 is 35.8 Å². The summed E-state index contributed by atoms with van der Waals surface area (Å²) in [6, 6.07) is 0.619. The Morgan fingerprint density at radius 2 is 1.81 bits per heavy atom. The highest BCUT2D eigenvalue weighted by Crippen LogP contribution is 2.47. The number of aromatic hydroxyl groups is 1. The van der Waals surface area contributed by atoms with Crippen LogP contribution in [-0.4, -0.2) is 89.7 Å². The zero-order chi connectivity index (χ0) is 28.0. The summed E-state index contributed by atoms with van der Waals surface area (Å²) in [7, 11) is 8.12. The summed E-state index contributed by atoms with van der Waals surface area (Å²) in [5.41, 5.74) is 3.30. The lowest BCUT2D eigenvalue weighted by Crippen LogP contribution is -2.56. The standard InChI is InChI=1S/C26H35N3O8/c1-7-12-8-14-15(28(2)3)9-13(11-37-6)20(30)18(14)22(32)17(12)23(33)26(36)10-16(29(4)5)21(31)19(24(26)34)25(27)35/h9,12,16,30,32,34,36H,7-8,10-11H2,1-6H3,(H2,27,35)/t12?,16-,26-/m0/s1. The Morgan fingerprint density at radius 3 is 2.30 bits per heavy atom. The first-order chi connectivity index (χ1) is 17.2. The van der Waals surface area contributed by atoms with Crippen LogP contribution in [0.5, 0.6) is 5.75 Å². The van der Waals surface area contributed by atoms with E-state index in [1.165, 1.54) is 26.1 Å². The first-order valence-corrected chi connectivity index (χ1v) is 11.9. The van der Waals surface area contributed by atoms with Gasteiger partial charge in [0.05, 0.1) is 18.2 Å². The summed E-state index contributed by atoms with van der Waals surface area (Å²) >= 11 is 0. The van der Waals surface area contributed by atoms with Crippen molar-refractivity contribution in [2.24, 2.45) is 11.7 Å². The van der Waals surface area contributed by atoms with Gasteiger partial charge in [0.2, 0.25) is 5.78 Å². The fraction of sp³-hybridized carbons (Fsp3) is 0.500. The number of hydrogen-bond donors (Lipinski definition) is 5. The molecule has 1 aromatic carbocycles. The van der Waals surface area contributed by atoms with Crippen LogP contribution in [0, 0.1) is 5.92 Å². The smallest absolute Gasteiger partial charge is 0.255 e. The molecule has 11 nitrogen and oxygen atoms in total. The number of nitrogens with two attached hydrogens (primary N) is 1. The first kappa shape index (κ1) is 28.2. The van der Waals surface area contributed by atoms with E-state index < -0.39 is 58.5 Å². The van der Waals surface area contributed by atoms with E-state index >= 15 is 0 Å². The monoisotopic (exact) mass is 517 g/mol. The number of rotatable bonds is 8. The zero-order valence-corrected chi connectivity index (χ0v) is 22.0. The number of carbonyl (C=O) groups is 3.